The first-order valence-electron chi connectivity index (χ1n) is 7.78. The molecule has 6 heteroatoms. The molecule has 1 aromatic carbocycles. The predicted octanol–water partition coefficient (Wildman–Crippen LogP) is 2.26. The van der Waals surface area contributed by atoms with Crippen LogP contribution in [0.25, 0.3) is 11.0 Å². The minimum Gasteiger partial charge on any atom is -0.383 e. The van der Waals surface area contributed by atoms with Gasteiger partial charge in [-0.05, 0) is 30.3 Å². The van der Waals surface area contributed by atoms with Crippen LogP contribution in [-0.2, 0) is 18.3 Å². The number of amides is 1. The number of pyridine rings is 1. The Kier molecular flexibility index (Phi) is 4.86. The molecule has 0 unspecified atom stereocenters. The summed E-state index contributed by atoms with van der Waals surface area (Å²) in [6.45, 7) is 1.43. The van der Waals surface area contributed by atoms with Crippen LogP contribution in [0.2, 0.25) is 0 Å². The summed E-state index contributed by atoms with van der Waals surface area (Å²) in [5.41, 5.74) is 3.28. The van der Waals surface area contributed by atoms with Crippen molar-refractivity contribution in [2.75, 3.05) is 20.3 Å². The Morgan fingerprint density at radius 2 is 2.12 bits per heavy atom. The first kappa shape index (κ1) is 16.1. The molecule has 24 heavy (non-hydrogen) atoms. The van der Waals surface area contributed by atoms with E-state index in [2.05, 4.69) is 9.97 Å². The number of benzene rings is 1. The number of imidazole rings is 1. The molecule has 6 nitrogen and oxygen atoms in total. The van der Waals surface area contributed by atoms with Crippen molar-refractivity contribution in [3.05, 3.63) is 60.2 Å². The van der Waals surface area contributed by atoms with E-state index in [1.807, 2.05) is 48.0 Å². The summed E-state index contributed by atoms with van der Waals surface area (Å²) in [7, 11) is 3.56. The highest BCUT2D eigenvalue weighted by atomic mass is 16.5. The lowest BCUT2D eigenvalue weighted by atomic mass is 10.1. The van der Waals surface area contributed by atoms with Gasteiger partial charge in [-0.2, -0.15) is 0 Å². The zero-order chi connectivity index (χ0) is 16.9. The maximum Gasteiger partial charge on any atom is 0.254 e. The van der Waals surface area contributed by atoms with E-state index in [4.69, 9.17) is 4.74 Å². The van der Waals surface area contributed by atoms with Crippen LogP contribution in [0.1, 0.15) is 16.1 Å². The molecular formula is C18H20N4O2. The average Bonchev–Trinajstić information content (AvgIpc) is 2.99. The van der Waals surface area contributed by atoms with Crippen molar-refractivity contribution in [1.29, 1.82) is 0 Å². The Labute approximate surface area is 140 Å². The van der Waals surface area contributed by atoms with Crippen LogP contribution in [0.5, 0.6) is 0 Å². The molecule has 0 aliphatic rings. The number of carbonyl (C=O) groups excluding carboxylic acids is 1. The monoisotopic (exact) mass is 324 g/mol. The van der Waals surface area contributed by atoms with E-state index < -0.39 is 0 Å². The minimum atomic E-state index is -0.0507. The number of methoxy groups -OCH3 is 1. The Hall–Kier alpha value is -2.73. The van der Waals surface area contributed by atoms with Crippen LogP contribution in [0.3, 0.4) is 0 Å². The Balaban J connectivity index is 1.85. The van der Waals surface area contributed by atoms with Gasteiger partial charge in [-0.25, -0.2) is 4.98 Å². The van der Waals surface area contributed by atoms with Crippen LogP contribution in [0.15, 0.2) is 48.9 Å². The molecule has 124 valence electrons. The number of hydrogen-bond acceptors (Lipinski definition) is 4. The molecule has 0 saturated carbocycles. The number of rotatable bonds is 6. The second kappa shape index (κ2) is 7.23. The SMILES string of the molecule is COCCN(Cc1ccccn1)C(=O)c1ccc2c(c1)ncn2C. The van der Waals surface area contributed by atoms with Crippen LogP contribution in [0.4, 0.5) is 0 Å². The fourth-order valence-electron chi connectivity index (χ4n) is 2.59. The summed E-state index contributed by atoms with van der Waals surface area (Å²) < 4.78 is 7.07. The second-order valence-corrected chi connectivity index (χ2v) is 5.60. The summed E-state index contributed by atoms with van der Waals surface area (Å²) >= 11 is 0. The fourth-order valence-corrected chi connectivity index (χ4v) is 2.59. The summed E-state index contributed by atoms with van der Waals surface area (Å²) in [4.78, 5) is 23.3. The predicted molar refractivity (Wildman–Crippen MR) is 91.6 cm³/mol. The summed E-state index contributed by atoms with van der Waals surface area (Å²) in [5.74, 6) is -0.0507. The number of aryl methyl sites for hydroxylation is 1. The molecule has 1 amide bonds. The number of ether oxygens (including phenoxy) is 1. The topological polar surface area (TPSA) is 60.2 Å². The van der Waals surface area contributed by atoms with Gasteiger partial charge in [0.1, 0.15) is 0 Å². The third-order valence-electron chi connectivity index (χ3n) is 3.90. The Morgan fingerprint density at radius 3 is 2.88 bits per heavy atom. The molecule has 0 fully saturated rings. The van der Waals surface area contributed by atoms with Crippen molar-refractivity contribution in [1.82, 2.24) is 19.4 Å². The van der Waals surface area contributed by atoms with Gasteiger partial charge in [-0.1, -0.05) is 6.07 Å². The summed E-state index contributed by atoms with van der Waals surface area (Å²) in [6.07, 6.45) is 3.48. The van der Waals surface area contributed by atoms with E-state index in [9.17, 15) is 4.79 Å². The van der Waals surface area contributed by atoms with E-state index in [0.29, 0.717) is 25.3 Å². The molecule has 0 spiro atoms. The van der Waals surface area contributed by atoms with Gasteiger partial charge in [-0.15, -0.1) is 0 Å². The molecular weight excluding hydrogens is 304 g/mol. The summed E-state index contributed by atoms with van der Waals surface area (Å²) in [5, 5.41) is 0. The van der Waals surface area contributed by atoms with Gasteiger partial charge in [0, 0.05) is 32.5 Å². The zero-order valence-electron chi connectivity index (χ0n) is 13.8. The van der Waals surface area contributed by atoms with Gasteiger partial charge < -0.3 is 14.2 Å². The van der Waals surface area contributed by atoms with E-state index >= 15 is 0 Å². The van der Waals surface area contributed by atoms with Crippen molar-refractivity contribution in [2.45, 2.75) is 6.54 Å². The molecule has 3 rings (SSSR count). The third-order valence-corrected chi connectivity index (χ3v) is 3.90. The molecule has 0 aliphatic heterocycles. The van der Waals surface area contributed by atoms with Gasteiger partial charge in [0.2, 0.25) is 0 Å². The largest absolute Gasteiger partial charge is 0.383 e. The van der Waals surface area contributed by atoms with Crippen LogP contribution < -0.4 is 0 Å². The van der Waals surface area contributed by atoms with Crippen molar-refractivity contribution in [3.8, 4) is 0 Å². The molecule has 2 heterocycles. The molecule has 0 atom stereocenters. The number of aromatic nitrogens is 3. The third kappa shape index (κ3) is 3.44. The maximum atomic E-state index is 12.9. The number of carbonyl (C=O) groups is 1. The lowest BCUT2D eigenvalue weighted by molar-refractivity contribution is 0.0678. The normalized spacial score (nSPS) is 10.9. The highest BCUT2D eigenvalue weighted by molar-refractivity contribution is 5.97. The molecule has 2 aromatic heterocycles. The molecule has 0 radical (unpaired) electrons. The molecule has 0 saturated heterocycles. The molecule has 0 bridgehead atoms. The lowest BCUT2D eigenvalue weighted by Gasteiger charge is -2.22. The van der Waals surface area contributed by atoms with Crippen molar-refractivity contribution in [3.63, 3.8) is 0 Å². The van der Waals surface area contributed by atoms with Gasteiger partial charge >= 0.3 is 0 Å². The fraction of sp³-hybridized carbons (Fsp3) is 0.278. The van der Waals surface area contributed by atoms with Crippen LogP contribution in [0, 0.1) is 0 Å². The van der Waals surface area contributed by atoms with E-state index in [1.54, 1.807) is 24.5 Å². The van der Waals surface area contributed by atoms with Gasteiger partial charge in [-0.3, -0.25) is 9.78 Å². The van der Waals surface area contributed by atoms with Gasteiger partial charge in [0.25, 0.3) is 5.91 Å². The molecule has 3 aromatic rings. The number of hydrogen-bond donors (Lipinski definition) is 0. The molecule has 0 aliphatic carbocycles. The van der Waals surface area contributed by atoms with Crippen molar-refractivity contribution in [2.24, 2.45) is 7.05 Å². The highest BCUT2D eigenvalue weighted by Gasteiger charge is 2.17. The maximum absolute atomic E-state index is 12.9. The smallest absolute Gasteiger partial charge is 0.254 e. The Morgan fingerprint density at radius 1 is 1.25 bits per heavy atom. The van der Waals surface area contributed by atoms with E-state index in [0.717, 1.165) is 16.7 Å². The van der Waals surface area contributed by atoms with Crippen LogP contribution >= 0.6 is 0 Å². The van der Waals surface area contributed by atoms with Gasteiger partial charge in [0.15, 0.2) is 0 Å². The number of fused-ring (bicyclic) bond motifs is 1. The molecule has 0 N–H and O–H groups in total. The standard InChI is InChI=1S/C18H20N4O2/c1-21-13-20-16-11-14(6-7-17(16)21)18(23)22(9-10-24-2)12-15-5-3-4-8-19-15/h3-8,11,13H,9-10,12H2,1-2H3. The lowest BCUT2D eigenvalue weighted by Crippen LogP contribution is -2.33. The first-order chi connectivity index (χ1) is 11.7. The van der Waals surface area contributed by atoms with Gasteiger partial charge in [0.05, 0.1) is 36.2 Å². The average molecular weight is 324 g/mol. The Bertz CT molecular complexity index is 829. The highest BCUT2D eigenvalue weighted by Crippen LogP contribution is 2.16. The van der Waals surface area contributed by atoms with E-state index in [-0.39, 0.29) is 5.91 Å². The van der Waals surface area contributed by atoms with Crippen molar-refractivity contribution < 1.29 is 9.53 Å². The minimum absolute atomic E-state index is 0.0507. The van der Waals surface area contributed by atoms with Crippen molar-refractivity contribution >= 4 is 16.9 Å². The number of nitrogens with zero attached hydrogens (tertiary/aromatic N) is 4. The quantitative estimate of drug-likeness (QED) is 0.698. The van der Waals surface area contributed by atoms with Crippen LogP contribution in [-0.4, -0.2) is 45.6 Å². The zero-order valence-corrected chi connectivity index (χ0v) is 13.8. The summed E-state index contributed by atoms with van der Waals surface area (Å²) in [6, 6.07) is 11.3. The van der Waals surface area contributed by atoms with E-state index in [1.165, 1.54) is 0 Å². The second-order valence-electron chi connectivity index (χ2n) is 5.60. The first-order valence-corrected chi connectivity index (χ1v) is 7.78.